The smallest absolute Gasteiger partial charge is 0.340 e. The third-order valence-corrected chi connectivity index (χ3v) is 8.86. The fourth-order valence-electron chi connectivity index (χ4n) is 3.62. The summed E-state index contributed by atoms with van der Waals surface area (Å²) in [7, 11) is -9.49. The molecule has 1 aliphatic carbocycles. The molecule has 2 aromatic rings. The summed E-state index contributed by atoms with van der Waals surface area (Å²) in [6.45, 7) is 0.0438. The molecule has 17 heteroatoms. The first-order valence-electron chi connectivity index (χ1n) is 10.5. The van der Waals surface area contributed by atoms with Crippen molar-refractivity contribution >= 4 is 43.8 Å². The molecule has 1 saturated carbocycles. The van der Waals surface area contributed by atoms with Crippen LogP contribution < -0.4 is 5.32 Å². The minimum atomic E-state index is -4.82. The van der Waals surface area contributed by atoms with Gasteiger partial charge < -0.3 is 39.5 Å². The van der Waals surface area contributed by atoms with Gasteiger partial charge in [-0.15, -0.1) is 0 Å². The molecule has 0 aromatic carbocycles. The summed E-state index contributed by atoms with van der Waals surface area (Å²) in [5.41, 5.74) is 0.642. The van der Waals surface area contributed by atoms with Crippen molar-refractivity contribution in [1.82, 2.24) is 19.5 Å². The van der Waals surface area contributed by atoms with E-state index in [1.807, 2.05) is 0 Å². The molecule has 34 heavy (non-hydrogen) atoms. The van der Waals surface area contributed by atoms with Crippen molar-refractivity contribution in [2.24, 2.45) is 0 Å². The molecular weight excluding hydrogens is 516 g/mol. The molecule has 3 rings (SSSR count). The summed E-state index contributed by atoms with van der Waals surface area (Å²) in [6, 6.07) is 0.225. The van der Waals surface area contributed by atoms with Crippen LogP contribution in [0, 0.1) is 0 Å². The lowest BCUT2D eigenvalue weighted by atomic mass is 10.2. The molecule has 6 N–H and O–H groups in total. The van der Waals surface area contributed by atoms with E-state index in [1.54, 1.807) is 0 Å². The number of aliphatic hydroxyl groups excluding tert-OH is 2. The Balaban J connectivity index is 1.80. The van der Waals surface area contributed by atoms with Gasteiger partial charge in [-0.1, -0.05) is 12.8 Å². The second-order valence-electron chi connectivity index (χ2n) is 8.08. The Kier molecular flexibility index (Phi) is 9.07. The molecule has 14 nitrogen and oxygen atoms in total. The molecule has 0 saturated heterocycles. The highest BCUT2D eigenvalue weighted by molar-refractivity contribution is 7.70. The molecule has 4 atom stereocenters. The number of aliphatic hydroxyl groups is 2. The maximum Gasteiger partial charge on any atom is 0.340 e. The number of hydrogen-bond donors (Lipinski definition) is 6. The molecule has 1 unspecified atom stereocenters. The first kappa shape index (κ1) is 27.4. The number of nitrogens with one attached hydrogen (secondary N) is 1. The number of ether oxygens (including phenoxy) is 1. The van der Waals surface area contributed by atoms with E-state index >= 15 is 0 Å². The third kappa shape index (κ3) is 7.41. The number of aromatic nitrogens is 4. The highest BCUT2D eigenvalue weighted by Gasteiger charge is 2.33. The minimum absolute atomic E-state index is 0.0551. The fraction of sp³-hybridized carbons (Fsp3) is 0.706. The van der Waals surface area contributed by atoms with Crippen molar-refractivity contribution in [3.63, 3.8) is 0 Å². The largest absolute Gasteiger partial charge is 0.392 e. The Labute approximate surface area is 200 Å². The van der Waals surface area contributed by atoms with Crippen molar-refractivity contribution in [2.75, 3.05) is 24.4 Å². The van der Waals surface area contributed by atoms with E-state index in [4.69, 9.17) is 30.6 Å². The third-order valence-electron chi connectivity index (χ3n) is 5.23. The minimum Gasteiger partial charge on any atom is -0.392 e. The first-order chi connectivity index (χ1) is 15.9. The maximum atomic E-state index is 11.9. The van der Waals surface area contributed by atoms with Crippen LogP contribution in [0.15, 0.2) is 6.33 Å². The number of hydrogen-bond acceptors (Lipinski definition) is 10. The van der Waals surface area contributed by atoms with Crippen molar-refractivity contribution in [2.45, 2.75) is 57.1 Å². The van der Waals surface area contributed by atoms with E-state index in [9.17, 15) is 24.2 Å². The molecule has 0 radical (unpaired) electrons. The van der Waals surface area contributed by atoms with Crippen molar-refractivity contribution < 1.29 is 43.3 Å². The van der Waals surface area contributed by atoms with Crippen LogP contribution in [-0.2, 0) is 18.4 Å². The monoisotopic (exact) mass is 543 g/mol. The average molecular weight is 544 g/mol. The quantitative estimate of drug-likeness (QED) is 0.165. The average Bonchev–Trinajstić information content (AvgIpc) is 3.36. The number of halogens is 1. The molecule has 192 valence electrons. The van der Waals surface area contributed by atoms with E-state index in [-0.39, 0.29) is 17.0 Å². The predicted molar refractivity (Wildman–Crippen MR) is 122 cm³/mol. The van der Waals surface area contributed by atoms with Gasteiger partial charge in [0, 0.05) is 6.04 Å². The first-order valence-corrected chi connectivity index (χ1v) is 14.4. The van der Waals surface area contributed by atoms with Crippen LogP contribution in [0.3, 0.4) is 0 Å². The van der Waals surface area contributed by atoms with Gasteiger partial charge in [-0.05, 0) is 31.4 Å². The van der Waals surface area contributed by atoms with Crippen LogP contribution in [-0.4, -0.2) is 81.8 Å². The zero-order valence-electron chi connectivity index (χ0n) is 18.3. The van der Waals surface area contributed by atoms with Crippen LogP contribution in [0.4, 0.5) is 5.82 Å². The predicted octanol–water partition coefficient (Wildman–Crippen LogP) is 1.43. The summed E-state index contributed by atoms with van der Waals surface area (Å²) in [5, 5.41) is 23.3. The SMILES string of the molecule is C[C@H](O)[C@@H](COP(=O)(O)CP(=O)(O)O)O[C@H](CO)n1cnc2c(NC3CCCC3)nc(Cl)nc21. The number of fused-ring (bicyclic) bond motifs is 1. The Morgan fingerprint density at radius 1 is 1.26 bits per heavy atom. The number of nitrogens with zero attached hydrogens (tertiary/aromatic N) is 4. The summed E-state index contributed by atoms with van der Waals surface area (Å²) in [4.78, 5) is 40.2. The lowest BCUT2D eigenvalue weighted by Gasteiger charge is -2.27. The van der Waals surface area contributed by atoms with Gasteiger partial charge in [-0.3, -0.25) is 13.7 Å². The van der Waals surface area contributed by atoms with Gasteiger partial charge in [0.05, 0.1) is 25.6 Å². The number of rotatable bonds is 12. The van der Waals surface area contributed by atoms with E-state index in [1.165, 1.54) is 17.8 Å². The van der Waals surface area contributed by atoms with Gasteiger partial charge in [0.15, 0.2) is 29.1 Å². The standard InChI is InChI=1S/C17H28ClN5O9P2/c1-10(25)12(7-31-34(29,30)9-33(26,27)28)32-13(6-24)23-8-19-14-15(20-11-4-2-3-5-11)21-17(18)22-16(14)23/h8,10-13,24-25H,2-7,9H2,1H3,(H,29,30)(H,20,21,22)(H2,26,27,28)/t10-,12+,13+/m0/s1. The second kappa shape index (κ2) is 11.3. The highest BCUT2D eigenvalue weighted by Crippen LogP contribution is 2.55. The Bertz CT molecular complexity index is 1080. The van der Waals surface area contributed by atoms with Gasteiger partial charge in [-0.25, -0.2) is 4.98 Å². The summed E-state index contributed by atoms with van der Waals surface area (Å²) in [6.07, 6.45) is 1.88. The topological polar surface area (TPSA) is 209 Å². The maximum absolute atomic E-state index is 11.9. The number of anilines is 1. The van der Waals surface area contributed by atoms with E-state index in [2.05, 4.69) is 20.3 Å². The zero-order chi connectivity index (χ0) is 25.1. The van der Waals surface area contributed by atoms with Crippen LogP contribution in [0.2, 0.25) is 5.28 Å². The Morgan fingerprint density at radius 2 is 1.94 bits per heavy atom. The van der Waals surface area contributed by atoms with E-state index in [0.29, 0.717) is 11.3 Å². The highest BCUT2D eigenvalue weighted by atomic mass is 35.5. The van der Waals surface area contributed by atoms with Crippen molar-refractivity contribution in [3.8, 4) is 0 Å². The Morgan fingerprint density at radius 3 is 2.53 bits per heavy atom. The molecule has 0 amide bonds. The number of imidazole rings is 1. The molecule has 1 aliphatic rings. The summed E-state index contributed by atoms with van der Waals surface area (Å²) >= 11 is 6.11. The van der Waals surface area contributed by atoms with Gasteiger partial charge in [0.2, 0.25) is 5.28 Å². The molecule has 0 spiro atoms. The molecule has 1 fully saturated rings. The summed E-state index contributed by atoms with van der Waals surface area (Å²) in [5.74, 6) is -0.944. The van der Waals surface area contributed by atoms with Gasteiger partial charge in [0.25, 0.3) is 0 Å². The molecule has 2 heterocycles. The normalized spacial score (nSPS) is 19.7. The van der Waals surface area contributed by atoms with Crippen LogP contribution in [0.25, 0.3) is 11.2 Å². The van der Waals surface area contributed by atoms with Gasteiger partial charge in [0.1, 0.15) is 6.10 Å². The molecular formula is C17H28ClN5O9P2. The fourth-order valence-corrected chi connectivity index (χ4v) is 6.35. The van der Waals surface area contributed by atoms with Gasteiger partial charge in [-0.2, -0.15) is 9.97 Å². The lowest BCUT2D eigenvalue weighted by Crippen LogP contribution is -2.35. The molecule has 0 aliphatic heterocycles. The second-order valence-corrected chi connectivity index (χ2v) is 12.4. The lowest BCUT2D eigenvalue weighted by molar-refractivity contribution is -0.129. The van der Waals surface area contributed by atoms with Crippen LogP contribution >= 0.6 is 26.8 Å². The van der Waals surface area contributed by atoms with Crippen LogP contribution in [0.5, 0.6) is 0 Å². The van der Waals surface area contributed by atoms with Gasteiger partial charge >= 0.3 is 15.2 Å². The van der Waals surface area contributed by atoms with E-state index < -0.39 is 52.7 Å². The summed E-state index contributed by atoms with van der Waals surface area (Å²) < 4.78 is 34.8. The van der Waals surface area contributed by atoms with E-state index in [0.717, 1.165) is 25.7 Å². The van der Waals surface area contributed by atoms with Crippen molar-refractivity contribution in [3.05, 3.63) is 11.6 Å². The van der Waals surface area contributed by atoms with Crippen LogP contribution in [0.1, 0.15) is 38.8 Å². The molecule has 0 bridgehead atoms. The van der Waals surface area contributed by atoms with Crippen molar-refractivity contribution in [1.29, 1.82) is 0 Å². The molecule has 2 aromatic heterocycles. The zero-order valence-corrected chi connectivity index (χ0v) is 20.8. The Hall–Kier alpha value is -1.18.